The largest absolute Gasteiger partial charge is 0.463 e. The first-order valence-corrected chi connectivity index (χ1v) is 11.4. The van der Waals surface area contributed by atoms with Gasteiger partial charge in [-0.1, -0.05) is 24.3 Å². The van der Waals surface area contributed by atoms with Crippen LogP contribution >= 0.6 is 0 Å². The van der Waals surface area contributed by atoms with Crippen molar-refractivity contribution in [1.29, 1.82) is 5.26 Å². The van der Waals surface area contributed by atoms with Crippen molar-refractivity contribution in [2.24, 2.45) is 5.92 Å². The molecule has 0 saturated heterocycles. The summed E-state index contributed by atoms with van der Waals surface area (Å²) in [5.41, 5.74) is 3.10. The Bertz CT molecular complexity index is 1340. The van der Waals surface area contributed by atoms with Crippen LogP contribution in [0.25, 0.3) is 10.9 Å². The highest BCUT2D eigenvalue weighted by molar-refractivity contribution is 7.90. The molecule has 2 aromatic carbocycles. The summed E-state index contributed by atoms with van der Waals surface area (Å²) in [5, 5.41) is 10.0. The van der Waals surface area contributed by atoms with Crippen molar-refractivity contribution in [3.05, 3.63) is 77.5 Å². The van der Waals surface area contributed by atoms with E-state index in [1.54, 1.807) is 55.6 Å². The summed E-state index contributed by atoms with van der Waals surface area (Å²) in [4.78, 5) is 12.3. The molecule has 6 nitrogen and oxygen atoms in total. The molecule has 31 heavy (non-hydrogen) atoms. The molecule has 0 bridgehead atoms. The summed E-state index contributed by atoms with van der Waals surface area (Å²) < 4.78 is 33.1. The minimum Gasteiger partial charge on any atom is -0.463 e. The summed E-state index contributed by atoms with van der Waals surface area (Å²) in [6.07, 6.45) is 2.29. The third-order valence-electron chi connectivity index (χ3n) is 5.68. The highest BCUT2D eigenvalue weighted by Crippen LogP contribution is 2.53. The Hall–Kier alpha value is -3.37. The molecule has 0 aliphatic heterocycles. The maximum Gasteiger partial charge on any atom is 0.333 e. The van der Waals surface area contributed by atoms with E-state index in [1.165, 1.54) is 3.97 Å². The van der Waals surface area contributed by atoms with Crippen molar-refractivity contribution in [3.8, 4) is 6.07 Å². The number of nitrogens with zero attached hydrogens (tertiary/aromatic N) is 2. The van der Waals surface area contributed by atoms with Gasteiger partial charge in [0.2, 0.25) is 0 Å². The van der Waals surface area contributed by atoms with Gasteiger partial charge in [-0.15, -0.1) is 0 Å². The maximum atomic E-state index is 13.4. The number of aromatic nitrogens is 1. The van der Waals surface area contributed by atoms with Crippen LogP contribution in [0.3, 0.4) is 0 Å². The molecule has 1 fully saturated rings. The predicted molar refractivity (Wildman–Crippen MR) is 117 cm³/mol. The lowest BCUT2D eigenvalue weighted by Crippen LogP contribution is -2.12. The average Bonchev–Trinajstić information content (AvgIpc) is 3.45. The van der Waals surface area contributed by atoms with E-state index in [9.17, 15) is 18.5 Å². The zero-order valence-corrected chi connectivity index (χ0v) is 18.1. The molecule has 1 heterocycles. The minimum absolute atomic E-state index is 0.0529. The molecule has 1 aromatic heterocycles. The van der Waals surface area contributed by atoms with Gasteiger partial charge in [-0.3, -0.25) is 0 Å². The molecule has 3 aromatic rings. The van der Waals surface area contributed by atoms with Gasteiger partial charge in [-0.05, 0) is 68.0 Å². The number of ether oxygens (including phenoxy) is 1. The van der Waals surface area contributed by atoms with Gasteiger partial charge in [-0.2, -0.15) is 5.26 Å². The minimum atomic E-state index is -3.83. The molecule has 1 aliphatic rings. The lowest BCUT2D eigenvalue weighted by Gasteiger charge is -2.08. The molecule has 1 aliphatic carbocycles. The number of carbonyl (C=O) groups is 1. The number of hydrogen-bond acceptors (Lipinski definition) is 5. The van der Waals surface area contributed by atoms with Crippen LogP contribution in [0.2, 0.25) is 0 Å². The Kier molecular flexibility index (Phi) is 5.19. The Labute approximate surface area is 181 Å². The van der Waals surface area contributed by atoms with Crippen LogP contribution < -0.4 is 0 Å². The summed E-state index contributed by atoms with van der Waals surface area (Å²) in [6.45, 7) is 7.79. The SMILES string of the molecule is C=C(C(=O)OCC)C1CC1c1cn(S(=O)(=O)c2ccc(C)cc2)c2ccc(C#N)cc12. The first kappa shape index (κ1) is 20.9. The fourth-order valence-corrected chi connectivity index (χ4v) is 5.29. The normalized spacial score (nSPS) is 17.8. The zero-order chi connectivity index (χ0) is 22.3. The van der Waals surface area contributed by atoms with Gasteiger partial charge >= 0.3 is 5.97 Å². The van der Waals surface area contributed by atoms with Gasteiger partial charge in [0.25, 0.3) is 10.0 Å². The van der Waals surface area contributed by atoms with Crippen molar-refractivity contribution >= 4 is 26.9 Å². The molecule has 2 atom stereocenters. The number of fused-ring (bicyclic) bond motifs is 1. The first-order valence-electron chi connectivity index (χ1n) is 10.0. The second-order valence-corrected chi connectivity index (χ2v) is 9.55. The number of esters is 1. The fourth-order valence-electron chi connectivity index (χ4n) is 3.91. The third-order valence-corrected chi connectivity index (χ3v) is 7.37. The van der Waals surface area contributed by atoms with Gasteiger partial charge in [-0.25, -0.2) is 17.2 Å². The van der Waals surface area contributed by atoms with E-state index in [4.69, 9.17) is 4.74 Å². The molecule has 0 spiro atoms. The van der Waals surface area contributed by atoms with Gasteiger partial charge in [0.15, 0.2) is 0 Å². The average molecular weight is 435 g/mol. The lowest BCUT2D eigenvalue weighted by molar-refractivity contribution is -0.138. The number of benzene rings is 2. The maximum absolute atomic E-state index is 13.4. The van der Waals surface area contributed by atoms with Crippen molar-refractivity contribution in [2.75, 3.05) is 6.61 Å². The monoisotopic (exact) mass is 434 g/mol. The molecular formula is C24H22N2O4S. The molecule has 2 unspecified atom stereocenters. The fraction of sp³-hybridized carbons (Fsp3) is 0.250. The Morgan fingerprint density at radius 1 is 1.26 bits per heavy atom. The summed E-state index contributed by atoms with van der Waals surface area (Å²) in [7, 11) is -3.83. The quantitative estimate of drug-likeness (QED) is 0.427. The molecule has 0 N–H and O–H groups in total. The van der Waals surface area contributed by atoms with Gasteiger partial charge in [0.05, 0.1) is 28.7 Å². The van der Waals surface area contributed by atoms with E-state index < -0.39 is 16.0 Å². The topological polar surface area (TPSA) is 89.2 Å². The van der Waals surface area contributed by atoms with E-state index >= 15 is 0 Å². The van der Waals surface area contributed by atoms with Crippen molar-refractivity contribution in [1.82, 2.24) is 3.97 Å². The summed E-state index contributed by atoms with van der Waals surface area (Å²) >= 11 is 0. The van der Waals surface area contributed by atoms with Crippen LogP contribution in [0.4, 0.5) is 0 Å². The molecule has 7 heteroatoms. The smallest absolute Gasteiger partial charge is 0.333 e. The summed E-state index contributed by atoms with van der Waals surface area (Å²) in [5.74, 6) is -0.586. The van der Waals surface area contributed by atoms with Crippen molar-refractivity contribution in [3.63, 3.8) is 0 Å². The van der Waals surface area contributed by atoms with E-state index in [-0.39, 0.29) is 23.3 Å². The summed E-state index contributed by atoms with van der Waals surface area (Å²) in [6, 6.07) is 13.8. The van der Waals surface area contributed by atoms with E-state index in [0.29, 0.717) is 28.5 Å². The van der Waals surface area contributed by atoms with Gasteiger partial charge in [0.1, 0.15) is 0 Å². The Morgan fingerprint density at radius 3 is 2.61 bits per heavy atom. The first-order chi connectivity index (χ1) is 14.8. The van der Waals surface area contributed by atoms with Crippen LogP contribution in [0.1, 0.15) is 36.0 Å². The van der Waals surface area contributed by atoms with E-state index in [1.807, 2.05) is 6.92 Å². The Morgan fingerprint density at radius 2 is 1.97 bits per heavy atom. The van der Waals surface area contributed by atoms with Crippen molar-refractivity contribution in [2.45, 2.75) is 31.1 Å². The number of hydrogen-bond donors (Lipinski definition) is 0. The zero-order valence-electron chi connectivity index (χ0n) is 17.3. The molecule has 0 radical (unpaired) electrons. The van der Waals surface area contributed by atoms with Crippen LogP contribution in [-0.2, 0) is 19.6 Å². The second-order valence-electron chi connectivity index (χ2n) is 7.74. The molecule has 1 saturated carbocycles. The van der Waals surface area contributed by atoms with Crippen LogP contribution in [0, 0.1) is 24.2 Å². The molecule has 0 amide bonds. The standard InChI is InChI=1S/C24H22N2O4S/c1-4-30-24(27)16(3)19-12-20(19)22-14-26(23-10-7-17(13-25)11-21(22)23)31(28,29)18-8-5-15(2)6-9-18/h5-11,14,19-20H,3-4,12H2,1-2H3. The van der Waals surface area contributed by atoms with Gasteiger partial charge in [0, 0.05) is 17.2 Å². The van der Waals surface area contributed by atoms with E-state index in [2.05, 4.69) is 12.6 Å². The Balaban J connectivity index is 1.81. The van der Waals surface area contributed by atoms with Gasteiger partial charge < -0.3 is 4.74 Å². The van der Waals surface area contributed by atoms with Crippen molar-refractivity contribution < 1.29 is 17.9 Å². The van der Waals surface area contributed by atoms with E-state index in [0.717, 1.165) is 11.1 Å². The number of carbonyl (C=O) groups excluding carboxylic acids is 1. The lowest BCUT2D eigenvalue weighted by atomic mass is 10.0. The number of rotatable bonds is 6. The number of nitriles is 1. The highest BCUT2D eigenvalue weighted by Gasteiger charge is 2.44. The predicted octanol–water partition coefficient (Wildman–Crippen LogP) is 4.28. The van der Waals surface area contributed by atoms with Crippen LogP contribution in [-0.4, -0.2) is 25.0 Å². The highest BCUT2D eigenvalue weighted by atomic mass is 32.2. The molecule has 158 valence electrons. The molecular weight excluding hydrogens is 412 g/mol. The second kappa shape index (κ2) is 7.71. The van der Waals surface area contributed by atoms with Crippen LogP contribution in [0.5, 0.6) is 0 Å². The van der Waals surface area contributed by atoms with Crippen LogP contribution in [0.15, 0.2) is 65.7 Å². The molecule has 4 rings (SSSR count). The number of aryl methyl sites for hydroxylation is 1. The third kappa shape index (κ3) is 3.64.